The molecule has 0 amide bonds. The van der Waals surface area contributed by atoms with Crippen molar-refractivity contribution in [3.8, 4) is 0 Å². The van der Waals surface area contributed by atoms with Crippen LogP contribution < -0.4 is 9.75 Å². The summed E-state index contributed by atoms with van der Waals surface area (Å²) in [7, 11) is -3.40. The molecule has 0 saturated carbocycles. The zero-order valence-corrected chi connectivity index (χ0v) is 24.4. The van der Waals surface area contributed by atoms with Gasteiger partial charge >= 0.3 is 0 Å². The zero-order chi connectivity index (χ0) is 23.2. The van der Waals surface area contributed by atoms with Gasteiger partial charge in [-0.25, -0.2) is 0 Å². The minimum Gasteiger partial charge on any atom is -0.394 e. The van der Waals surface area contributed by atoms with E-state index in [1.807, 2.05) is 0 Å². The van der Waals surface area contributed by atoms with Gasteiger partial charge in [0.25, 0.3) is 0 Å². The fourth-order valence-corrected chi connectivity index (χ4v) is 22.6. The van der Waals surface area contributed by atoms with E-state index in [0.717, 1.165) is 33.2 Å². The molecule has 1 atom stereocenters. The molecule has 0 aromatic heterocycles. The van der Waals surface area contributed by atoms with Crippen LogP contribution in [0.1, 0.15) is 95.6 Å². The summed E-state index contributed by atoms with van der Waals surface area (Å²) in [5.41, 5.74) is 7.86. The first-order valence-electron chi connectivity index (χ1n) is 12.7. The highest BCUT2D eigenvalue weighted by atomic mass is 28.3. The maximum absolute atomic E-state index is 3.02. The number of anilines is 1. The van der Waals surface area contributed by atoms with E-state index >= 15 is 0 Å². The predicted molar refractivity (Wildman–Crippen MR) is 144 cm³/mol. The molecule has 0 aliphatic carbocycles. The van der Waals surface area contributed by atoms with Crippen LogP contribution in [0.2, 0.25) is 33.2 Å². The Labute approximate surface area is 191 Å². The summed E-state index contributed by atoms with van der Waals surface area (Å²) in [5, 5.41) is 1.79. The normalized spacial score (nSPS) is 18.1. The second-order valence-corrected chi connectivity index (χ2v) is 23.6. The third-order valence-corrected chi connectivity index (χ3v) is 23.1. The van der Waals surface area contributed by atoms with Crippen LogP contribution in [0.15, 0.2) is 18.2 Å². The Morgan fingerprint density at radius 3 is 1.50 bits per heavy atom. The summed E-state index contributed by atoms with van der Waals surface area (Å²) < 4.78 is 3.02. The van der Waals surface area contributed by atoms with Crippen LogP contribution in [0.25, 0.3) is 0 Å². The molecular weight excluding hydrogens is 394 g/mol. The van der Waals surface area contributed by atoms with Gasteiger partial charge in [0.15, 0.2) is 8.24 Å². The molecule has 0 saturated heterocycles. The van der Waals surface area contributed by atoms with Crippen molar-refractivity contribution in [3.05, 3.63) is 23.8 Å². The Morgan fingerprint density at radius 2 is 1.13 bits per heavy atom. The topological polar surface area (TPSA) is 3.24 Å². The van der Waals surface area contributed by atoms with Crippen molar-refractivity contribution >= 4 is 27.2 Å². The number of benzene rings is 1. The summed E-state index contributed by atoms with van der Waals surface area (Å²) in [6.45, 7) is 32.6. The van der Waals surface area contributed by atoms with Gasteiger partial charge in [0.05, 0.1) is 8.07 Å². The molecule has 0 N–H and O–H groups in total. The van der Waals surface area contributed by atoms with E-state index in [4.69, 9.17) is 0 Å². The summed E-state index contributed by atoms with van der Waals surface area (Å²) in [5.74, 6) is 0. The first kappa shape index (κ1) is 25.7. The lowest BCUT2D eigenvalue weighted by Crippen LogP contribution is -2.62. The molecule has 2 rings (SSSR count). The molecule has 0 spiro atoms. The van der Waals surface area contributed by atoms with E-state index in [2.05, 4.69) is 113 Å². The van der Waals surface area contributed by atoms with Gasteiger partial charge in [0, 0.05) is 11.7 Å². The van der Waals surface area contributed by atoms with Crippen molar-refractivity contribution in [2.24, 2.45) is 0 Å². The Balaban J connectivity index is 2.84. The molecule has 1 nitrogen and oxygen atoms in total. The number of hydrogen-bond donors (Lipinski definition) is 0. The largest absolute Gasteiger partial charge is 0.394 e. The minimum atomic E-state index is -1.72. The molecule has 1 aliphatic heterocycles. The number of hydrogen-bond acceptors (Lipinski definition) is 1. The van der Waals surface area contributed by atoms with Crippen LogP contribution in [-0.2, 0) is 6.42 Å². The van der Waals surface area contributed by atoms with Crippen LogP contribution in [0.4, 0.5) is 5.69 Å². The quantitative estimate of drug-likeness (QED) is 0.362. The Hall–Kier alpha value is -0.546. The molecule has 3 heteroatoms. The summed E-state index contributed by atoms with van der Waals surface area (Å²) in [4.78, 5) is 0. The van der Waals surface area contributed by atoms with Crippen LogP contribution in [0.3, 0.4) is 0 Å². The van der Waals surface area contributed by atoms with E-state index in [0.29, 0.717) is 6.04 Å². The van der Waals surface area contributed by atoms with Crippen LogP contribution in [0.5, 0.6) is 0 Å². The van der Waals surface area contributed by atoms with Crippen molar-refractivity contribution in [2.45, 2.75) is 136 Å². The average Bonchev–Trinajstić information content (AvgIpc) is 2.91. The van der Waals surface area contributed by atoms with E-state index in [1.165, 1.54) is 6.42 Å². The van der Waals surface area contributed by atoms with Gasteiger partial charge in [-0.05, 0) is 58.2 Å². The zero-order valence-electron chi connectivity index (χ0n) is 22.4. The molecule has 1 unspecified atom stereocenters. The Kier molecular flexibility index (Phi) is 7.83. The highest BCUT2D eigenvalue weighted by Crippen LogP contribution is 2.51. The van der Waals surface area contributed by atoms with Gasteiger partial charge in [-0.3, -0.25) is 0 Å². The monoisotopic (exact) mass is 445 g/mol. The van der Waals surface area contributed by atoms with Crippen LogP contribution >= 0.6 is 0 Å². The molecule has 172 valence electrons. The lowest BCUT2D eigenvalue weighted by molar-refractivity contribution is 0.704. The smallest absolute Gasteiger partial charge is 0.164 e. The lowest BCUT2D eigenvalue weighted by Gasteiger charge is -2.53. The molecular formula is C27H51NSi2. The third kappa shape index (κ3) is 3.56. The molecule has 1 aromatic carbocycles. The van der Waals surface area contributed by atoms with Gasteiger partial charge in [-0.15, -0.1) is 0 Å². The fourth-order valence-electron chi connectivity index (χ4n) is 8.40. The van der Waals surface area contributed by atoms with E-state index in [9.17, 15) is 0 Å². The fraction of sp³-hybridized carbons (Fsp3) is 0.778. The first-order valence-corrected chi connectivity index (χ1v) is 17.1. The third-order valence-electron chi connectivity index (χ3n) is 8.88. The van der Waals surface area contributed by atoms with Crippen molar-refractivity contribution in [1.82, 2.24) is 0 Å². The van der Waals surface area contributed by atoms with Gasteiger partial charge in [-0.1, -0.05) is 100 Å². The molecule has 0 fully saturated rings. The second-order valence-electron chi connectivity index (χ2n) is 12.0. The second kappa shape index (κ2) is 9.13. The van der Waals surface area contributed by atoms with Crippen molar-refractivity contribution in [1.29, 1.82) is 0 Å². The highest BCUT2D eigenvalue weighted by Gasteiger charge is 2.54. The predicted octanol–water partition coefficient (Wildman–Crippen LogP) is 8.50. The van der Waals surface area contributed by atoms with Gasteiger partial charge in [0.2, 0.25) is 0 Å². The lowest BCUT2D eigenvalue weighted by atomic mass is 10.1. The van der Waals surface area contributed by atoms with Crippen LogP contribution in [-0.4, -0.2) is 22.4 Å². The minimum absolute atomic E-state index is 0.623. The van der Waals surface area contributed by atoms with E-state index in [1.54, 1.807) is 16.4 Å². The van der Waals surface area contributed by atoms with Crippen molar-refractivity contribution in [2.75, 3.05) is 4.57 Å². The number of rotatable bonds is 8. The average molecular weight is 446 g/mol. The molecule has 1 aliphatic rings. The molecule has 30 heavy (non-hydrogen) atoms. The summed E-state index contributed by atoms with van der Waals surface area (Å²) >= 11 is 0. The summed E-state index contributed by atoms with van der Waals surface area (Å²) in [6.07, 6.45) is 1.24. The van der Waals surface area contributed by atoms with Crippen LogP contribution in [0, 0.1) is 0 Å². The number of nitrogens with zero attached hydrogens (tertiary/aromatic N) is 1. The van der Waals surface area contributed by atoms with Crippen molar-refractivity contribution < 1.29 is 0 Å². The highest BCUT2D eigenvalue weighted by molar-refractivity contribution is 6.95. The first-order chi connectivity index (χ1) is 13.8. The maximum Gasteiger partial charge on any atom is 0.164 e. The van der Waals surface area contributed by atoms with Gasteiger partial charge in [-0.2, -0.15) is 0 Å². The Bertz CT molecular complexity index is 674. The van der Waals surface area contributed by atoms with Gasteiger partial charge < -0.3 is 4.57 Å². The number of fused-ring (bicyclic) bond motifs is 1. The molecule has 1 aromatic rings. The maximum atomic E-state index is 3.02. The SMILES string of the molecule is CC1Cc2c(cccc2[Si](C(C)C)(C(C)C)C(C)C)N1[Si](C(C)C)(C(C)C)C(C)C. The Morgan fingerprint density at radius 1 is 0.700 bits per heavy atom. The van der Waals surface area contributed by atoms with Gasteiger partial charge in [0.1, 0.15) is 0 Å². The summed E-state index contributed by atoms with van der Waals surface area (Å²) in [6, 6.07) is 8.06. The molecule has 0 radical (unpaired) electrons. The standard InChI is InChI=1S/C27H51NSi2/c1-18(2)29(19(3)4,20(5)6)27-16-14-15-26-25(27)17-24(13)28(26)30(21(7)8,22(9)10)23(11)12/h14-16,18-24H,17H2,1-13H3. The van der Waals surface area contributed by atoms with E-state index in [-0.39, 0.29) is 0 Å². The molecule has 1 heterocycles. The molecule has 0 bridgehead atoms. The van der Waals surface area contributed by atoms with E-state index < -0.39 is 16.3 Å². The van der Waals surface area contributed by atoms with Crippen molar-refractivity contribution in [3.63, 3.8) is 0 Å².